The van der Waals surface area contributed by atoms with Gasteiger partial charge in [-0.1, -0.05) is 0 Å². The highest BCUT2D eigenvalue weighted by Gasteiger charge is 2.70. The number of aliphatic hydroxyl groups is 1. The molecule has 1 aromatic rings. The van der Waals surface area contributed by atoms with Crippen LogP contribution in [-0.4, -0.2) is 82.4 Å². The van der Waals surface area contributed by atoms with Gasteiger partial charge in [0.25, 0.3) is 0 Å². The molecule has 0 aliphatic carbocycles. The van der Waals surface area contributed by atoms with Gasteiger partial charge in [0, 0.05) is 31.3 Å². The molecule has 0 aromatic heterocycles. The number of nitrogens with zero attached hydrogens (tertiary/aromatic N) is 3. The first kappa shape index (κ1) is 20.8. The number of ether oxygens (including phenoxy) is 1. The van der Waals surface area contributed by atoms with Gasteiger partial charge in [0.2, 0.25) is 0 Å². The maximum absolute atomic E-state index is 10.9. The lowest BCUT2D eigenvalue weighted by molar-refractivity contribution is -0.0324. The van der Waals surface area contributed by atoms with E-state index in [1.54, 1.807) is 13.2 Å². The second-order valence-corrected chi connectivity index (χ2v) is 7.43. The van der Waals surface area contributed by atoms with Crippen LogP contribution in [0.15, 0.2) is 28.2 Å². The van der Waals surface area contributed by atoms with Crippen LogP contribution >= 0.6 is 0 Å². The van der Waals surface area contributed by atoms with E-state index in [2.05, 4.69) is 21.0 Å². The monoisotopic (exact) mass is 430 g/mol. The summed E-state index contributed by atoms with van der Waals surface area (Å²) in [5.74, 6) is -0.535. The number of hydrogen-bond donors (Lipinski definition) is 7. The van der Waals surface area contributed by atoms with Crippen molar-refractivity contribution in [1.29, 1.82) is 5.41 Å². The summed E-state index contributed by atoms with van der Waals surface area (Å²) in [6.07, 6.45) is 3.19. The highest BCUT2D eigenvalue weighted by Crippen LogP contribution is 2.62. The van der Waals surface area contributed by atoms with Gasteiger partial charge in [-0.3, -0.25) is 5.41 Å². The molecule has 4 aliphatic rings. The number of amides is 1. The molecule has 31 heavy (non-hydrogen) atoms. The number of allylic oxidation sites excluding steroid dienone is 1. The van der Waals surface area contributed by atoms with Crippen molar-refractivity contribution in [3.8, 4) is 11.5 Å². The average Bonchev–Trinajstić information content (AvgIpc) is 3.32. The lowest BCUT2D eigenvalue weighted by atomic mass is 9.89. The number of carbonyl (C=O) groups is 1. The molecule has 4 atom stereocenters. The lowest BCUT2D eigenvalue weighted by Crippen LogP contribution is -2.54. The first-order chi connectivity index (χ1) is 14.7. The minimum atomic E-state index is -1.33. The predicted octanol–water partition coefficient (Wildman–Crippen LogP) is 0.00387. The largest absolute Gasteiger partial charge is 0.506 e. The molecular weight excluding hydrogens is 408 g/mol. The third-order valence-corrected chi connectivity index (χ3v) is 5.83. The Labute approximate surface area is 176 Å². The SMILES string of the molecule is COC12C(CO)c3c(O)c(N=C4C=CC(=N)N=C4)cc(O)c3N1CC1NC12.NC(=O)O. The predicted molar refractivity (Wildman–Crippen MR) is 112 cm³/mol. The number of aliphatic hydroxyl groups excluding tert-OH is 1. The van der Waals surface area contributed by atoms with Crippen molar-refractivity contribution in [3.05, 3.63) is 23.8 Å². The van der Waals surface area contributed by atoms with Crippen LogP contribution in [-0.2, 0) is 4.74 Å². The van der Waals surface area contributed by atoms with Crippen LogP contribution in [0.2, 0.25) is 0 Å². The van der Waals surface area contributed by atoms with Crippen molar-refractivity contribution in [1.82, 2.24) is 5.32 Å². The van der Waals surface area contributed by atoms with Crippen LogP contribution in [0.5, 0.6) is 11.5 Å². The standard InChI is InChI=1S/C18H19N5O4.CH3NO2/c1-27-18-9(7-24)14-15(23(18)6-11-17(18)22-11)12(25)4-10(16(14)26)21-8-2-3-13(19)20-5-8;2-1(3)4/h2-5,9,11,17,19,22,24-26H,6-7H2,1H3;2H2,(H,3,4). The number of fused-ring (bicyclic) bond motifs is 5. The Balaban J connectivity index is 0.000000535. The molecule has 1 aromatic carbocycles. The van der Waals surface area contributed by atoms with Gasteiger partial charge in [-0.2, -0.15) is 0 Å². The van der Waals surface area contributed by atoms with Gasteiger partial charge in [0.1, 0.15) is 23.0 Å². The zero-order chi connectivity index (χ0) is 22.5. The van der Waals surface area contributed by atoms with Gasteiger partial charge in [0.15, 0.2) is 5.72 Å². The number of phenols is 2. The van der Waals surface area contributed by atoms with Gasteiger partial charge in [-0.15, -0.1) is 0 Å². The number of piperazine rings is 1. The third kappa shape index (κ3) is 3.12. The molecule has 5 rings (SSSR count). The number of carboxylic acid groups (broad SMARTS) is 1. The molecule has 2 fully saturated rings. The number of benzene rings is 1. The summed E-state index contributed by atoms with van der Waals surface area (Å²) in [6, 6.07) is 1.67. The Morgan fingerprint density at radius 1 is 1.48 bits per heavy atom. The van der Waals surface area contributed by atoms with Gasteiger partial charge >= 0.3 is 6.09 Å². The summed E-state index contributed by atoms with van der Waals surface area (Å²) in [7, 11) is 1.58. The van der Waals surface area contributed by atoms with Gasteiger partial charge in [0.05, 0.1) is 36.2 Å². The summed E-state index contributed by atoms with van der Waals surface area (Å²) in [6.45, 7) is 0.383. The quantitative estimate of drug-likeness (QED) is 0.256. The summed E-state index contributed by atoms with van der Waals surface area (Å²) in [5, 5.41) is 49.8. The third-order valence-electron chi connectivity index (χ3n) is 5.83. The Kier molecular flexibility index (Phi) is 4.92. The number of phenolic OH excluding ortho intramolecular Hbond substituents is 2. The van der Waals surface area contributed by atoms with E-state index in [-0.39, 0.29) is 41.7 Å². The number of rotatable bonds is 3. The molecule has 2 saturated heterocycles. The van der Waals surface area contributed by atoms with Crippen LogP contribution in [0.3, 0.4) is 0 Å². The van der Waals surface area contributed by atoms with E-state index in [4.69, 9.17) is 20.0 Å². The van der Waals surface area contributed by atoms with E-state index in [0.29, 0.717) is 23.5 Å². The maximum atomic E-state index is 10.9. The van der Waals surface area contributed by atoms with Crippen LogP contribution in [0, 0.1) is 5.41 Å². The fourth-order valence-corrected chi connectivity index (χ4v) is 4.67. The normalized spacial score (nSPS) is 30.5. The zero-order valence-corrected chi connectivity index (χ0v) is 16.5. The zero-order valence-electron chi connectivity index (χ0n) is 16.5. The topological polar surface area (TPSA) is 207 Å². The molecule has 0 radical (unpaired) electrons. The number of methoxy groups -OCH3 is 1. The fraction of sp³-hybridized carbons (Fsp3) is 0.368. The van der Waals surface area contributed by atoms with E-state index >= 15 is 0 Å². The summed E-state index contributed by atoms with van der Waals surface area (Å²) < 4.78 is 5.86. The fourth-order valence-electron chi connectivity index (χ4n) is 4.67. The number of nitrogens with two attached hydrogens (primary N) is 1. The van der Waals surface area contributed by atoms with E-state index in [1.807, 2.05) is 4.90 Å². The van der Waals surface area contributed by atoms with Crippen molar-refractivity contribution < 1.29 is 30.0 Å². The van der Waals surface area contributed by atoms with Crippen LogP contribution in [0.4, 0.5) is 16.2 Å². The van der Waals surface area contributed by atoms with Crippen LogP contribution in [0.1, 0.15) is 11.5 Å². The number of dihydropyridines is 1. The van der Waals surface area contributed by atoms with E-state index in [1.165, 1.54) is 18.4 Å². The van der Waals surface area contributed by atoms with Gasteiger partial charge < -0.3 is 41.1 Å². The van der Waals surface area contributed by atoms with Crippen molar-refractivity contribution >= 4 is 35.2 Å². The molecule has 12 nitrogen and oxygen atoms in total. The molecule has 0 bridgehead atoms. The summed E-state index contributed by atoms with van der Waals surface area (Å²) in [4.78, 5) is 18.9. The van der Waals surface area contributed by atoms with Crippen LogP contribution in [0.25, 0.3) is 0 Å². The molecule has 8 N–H and O–H groups in total. The lowest BCUT2D eigenvalue weighted by Gasteiger charge is -2.38. The second kappa shape index (κ2) is 7.34. The van der Waals surface area contributed by atoms with E-state index in [9.17, 15) is 15.3 Å². The molecule has 0 saturated carbocycles. The second-order valence-electron chi connectivity index (χ2n) is 7.43. The highest BCUT2D eigenvalue weighted by atomic mass is 16.5. The Hall–Kier alpha value is -3.48. The van der Waals surface area contributed by atoms with Gasteiger partial charge in [-0.25, -0.2) is 14.8 Å². The molecular formula is C19H22N6O6. The number of amidine groups is 1. The molecule has 4 unspecified atom stereocenters. The molecule has 4 heterocycles. The smallest absolute Gasteiger partial charge is 0.402 e. The number of aromatic hydroxyl groups is 2. The summed E-state index contributed by atoms with van der Waals surface area (Å²) >= 11 is 0. The number of aliphatic imine (C=N–C) groups is 2. The first-order valence-electron chi connectivity index (χ1n) is 9.40. The maximum Gasteiger partial charge on any atom is 0.402 e. The van der Waals surface area contributed by atoms with Crippen molar-refractivity contribution in [2.24, 2.45) is 15.7 Å². The minimum Gasteiger partial charge on any atom is -0.506 e. The number of nitrogens with one attached hydrogen (secondary N) is 2. The van der Waals surface area contributed by atoms with Crippen molar-refractivity contribution in [2.45, 2.75) is 23.7 Å². The number of anilines is 1. The molecule has 1 amide bonds. The molecule has 0 spiro atoms. The molecule has 164 valence electrons. The van der Waals surface area contributed by atoms with Crippen LogP contribution < -0.4 is 16.0 Å². The van der Waals surface area contributed by atoms with E-state index < -0.39 is 17.7 Å². The Morgan fingerprint density at radius 3 is 2.77 bits per heavy atom. The van der Waals surface area contributed by atoms with Crippen molar-refractivity contribution in [2.75, 3.05) is 25.2 Å². The van der Waals surface area contributed by atoms with Gasteiger partial charge in [-0.05, 0) is 12.2 Å². The number of primary amides is 1. The molecule has 4 aliphatic heterocycles. The van der Waals surface area contributed by atoms with E-state index in [0.717, 1.165) is 0 Å². The Morgan fingerprint density at radius 2 is 2.19 bits per heavy atom. The summed E-state index contributed by atoms with van der Waals surface area (Å²) in [5.41, 5.74) is 4.74. The van der Waals surface area contributed by atoms with Crippen molar-refractivity contribution in [3.63, 3.8) is 0 Å². The molecule has 12 heteroatoms. The minimum absolute atomic E-state index is 0.0229. The Bertz CT molecular complexity index is 1030. The first-order valence-corrected chi connectivity index (χ1v) is 9.40. The average molecular weight is 430 g/mol. The highest BCUT2D eigenvalue weighted by molar-refractivity contribution is 6.40. The number of hydrogen-bond acceptors (Lipinski definition) is 9.